The van der Waals surface area contributed by atoms with Crippen molar-refractivity contribution in [3.63, 3.8) is 0 Å². The summed E-state index contributed by atoms with van der Waals surface area (Å²) in [5.41, 5.74) is 2.40. The van der Waals surface area contributed by atoms with E-state index in [1.54, 1.807) is 0 Å². The zero-order valence-electron chi connectivity index (χ0n) is 15.8. The fourth-order valence-corrected chi connectivity index (χ4v) is 4.30. The second kappa shape index (κ2) is 9.06. The van der Waals surface area contributed by atoms with E-state index in [9.17, 15) is 4.79 Å². The van der Waals surface area contributed by atoms with Crippen LogP contribution in [0.15, 0.2) is 65.8 Å². The van der Waals surface area contributed by atoms with Gasteiger partial charge in [-0.05, 0) is 24.0 Å². The fourth-order valence-electron chi connectivity index (χ4n) is 3.44. The molecule has 1 aromatic heterocycles. The Labute approximate surface area is 169 Å². The number of carbonyl (C=O) groups is 1. The normalized spacial score (nSPS) is 13.8. The van der Waals surface area contributed by atoms with E-state index in [1.165, 1.54) is 22.9 Å². The zero-order chi connectivity index (χ0) is 19.2. The van der Waals surface area contributed by atoms with E-state index in [0.29, 0.717) is 12.3 Å². The van der Waals surface area contributed by atoms with Crippen LogP contribution < -0.4 is 0 Å². The lowest BCUT2D eigenvalue weighted by molar-refractivity contribution is -0.127. The summed E-state index contributed by atoms with van der Waals surface area (Å²) in [4.78, 5) is 14.4. The standard InChI is InChI=1S/C22H24N4OS/c27-21(25-13-7-8-14-25)17-28-22-24-23-20(15-18-9-3-1-4-10-18)26(22)16-19-11-5-2-6-12-19/h1-6,9-12H,7-8,13-17H2. The largest absolute Gasteiger partial charge is 0.342 e. The molecule has 1 aliphatic heterocycles. The van der Waals surface area contributed by atoms with Gasteiger partial charge in [-0.25, -0.2) is 0 Å². The molecule has 1 amide bonds. The van der Waals surface area contributed by atoms with Crippen molar-refractivity contribution in [1.82, 2.24) is 19.7 Å². The molecule has 1 aliphatic rings. The first-order valence-electron chi connectivity index (χ1n) is 9.70. The molecule has 28 heavy (non-hydrogen) atoms. The molecule has 1 saturated heterocycles. The lowest BCUT2D eigenvalue weighted by Crippen LogP contribution is -2.29. The van der Waals surface area contributed by atoms with Gasteiger partial charge in [0.1, 0.15) is 5.82 Å². The van der Waals surface area contributed by atoms with Crippen molar-refractivity contribution < 1.29 is 4.79 Å². The van der Waals surface area contributed by atoms with Crippen molar-refractivity contribution in [2.45, 2.75) is 31.0 Å². The molecular weight excluding hydrogens is 368 g/mol. The van der Waals surface area contributed by atoms with Crippen LogP contribution >= 0.6 is 11.8 Å². The summed E-state index contributed by atoms with van der Waals surface area (Å²) in [7, 11) is 0. The van der Waals surface area contributed by atoms with Crippen LogP contribution in [0.5, 0.6) is 0 Å². The van der Waals surface area contributed by atoms with E-state index in [2.05, 4.69) is 39.0 Å². The van der Waals surface area contributed by atoms with Gasteiger partial charge in [0.25, 0.3) is 0 Å². The van der Waals surface area contributed by atoms with Crippen LogP contribution in [0.2, 0.25) is 0 Å². The Morgan fingerprint density at radius 2 is 1.54 bits per heavy atom. The zero-order valence-corrected chi connectivity index (χ0v) is 16.6. The number of carbonyl (C=O) groups excluding carboxylic acids is 1. The molecule has 4 rings (SSSR count). The number of hydrogen-bond acceptors (Lipinski definition) is 4. The maximum absolute atomic E-state index is 12.4. The summed E-state index contributed by atoms with van der Waals surface area (Å²) in [6.07, 6.45) is 2.95. The van der Waals surface area contributed by atoms with Crippen LogP contribution in [0.3, 0.4) is 0 Å². The van der Waals surface area contributed by atoms with E-state index in [-0.39, 0.29) is 5.91 Å². The summed E-state index contributed by atoms with van der Waals surface area (Å²) in [5.74, 6) is 1.53. The lowest BCUT2D eigenvalue weighted by atomic mass is 10.1. The van der Waals surface area contributed by atoms with Crippen LogP contribution in [0.25, 0.3) is 0 Å². The molecular formula is C22H24N4OS. The Morgan fingerprint density at radius 3 is 2.21 bits per heavy atom. The maximum atomic E-state index is 12.4. The minimum atomic E-state index is 0.196. The van der Waals surface area contributed by atoms with Gasteiger partial charge in [-0.15, -0.1) is 10.2 Å². The quantitative estimate of drug-likeness (QED) is 0.576. The van der Waals surface area contributed by atoms with E-state index in [4.69, 9.17) is 0 Å². The molecule has 0 aliphatic carbocycles. The van der Waals surface area contributed by atoms with E-state index in [0.717, 1.165) is 43.3 Å². The van der Waals surface area contributed by atoms with Gasteiger partial charge in [-0.1, -0.05) is 72.4 Å². The molecule has 0 saturated carbocycles. The topological polar surface area (TPSA) is 51.0 Å². The van der Waals surface area contributed by atoms with Gasteiger partial charge in [0.2, 0.25) is 5.91 Å². The third kappa shape index (κ3) is 4.62. The van der Waals surface area contributed by atoms with Crippen molar-refractivity contribution in [2.75, 3.05) is 18.8 Å². The Hall–Kier alpha value is -2.60. The number of hydrogen-bond donors (Lipinski definition) is 0. The van der Waals surface area contributed by atoms with Gasteiger partial charge in [-0.3, -0.25) is 4.79 Å². The van der Waals surface area contributed by atoms with Crippen LogP contribution in [-0.4, -0.2) is 44.4 Å². The third-order valence-electron chi connectivity index (χ3n) is 4.97. The average molecular weight is 393 g/mol. The van der Waals surface area contributed by atoms with Crippen molar-refractivity contribution in [2.24, 2.45) is 0 Å². The molecule has 144 valence electrons. The van der Waals surface area contributed by atoms with Gasteiger partial charge in [0.15, 0.2) is 5.16 Å². The van der Waals surface area contributed by atoms with Gasteiger partial charge < -0.3 is 9.47 Å². The highest BCUT2D eigenvalue weighted by atomic mass is 32.2. The highest BCUT2D eigenvalue weighted by molar-refractivity contribution is 7.99. The third-order valence-corrected chi connectivity index (χ3v) is 5.92. The smallest absolute Gasteiger partial charge is 0.233 e. The average Bonchev–Trinajstić information content (AvgIpc) is 3.39. The number of thioether (sulfide) groups is 1. The number of rotatable bonds is 7. The highest BCUT2D eigenvalue weighted by Crippen LogP contribution is 2.22. The molecule has 5 nitrogen and oxygen atoms in total. The van der Waals surface area contributed by atoms with E-state index in [1.807, 2.05) is 41.3 Å². The van der Waals surface area contributed by atoms with Crippen LogP contribution in [0, 0.1) is 0 Å². The van der Waals surface area contributed by atoms with Crippen molar-refractivity contribution in [1.29, 1.82) is 0 Å². The van der Waals surface area contributed by atoms with Crippen LogP contribution in [-0.2, 0) is 17.8 Å². The fraction of sp³-hybridized carbons (Fsp3) is 0.318. The molecule has 0 N–H and O–H groups in total. The number of nitrogens with zero attached hydrogens (tertiary/aromatic N) is 4. The Bertz CT molecular complexity index is 905. The van der Waals surface area contributed by atoms with Crippen molar-refractivity contribution >= 4 is 17.7 Å². The Kier molecular flexibility index (Phi) is 6.07. The minimum absolute atomic E-state index is 0.196. The number of aromatic nitrogens is 3. The predicted octanol–water partition coefficient (Wildman–Crippen LogP) is 3.63. The maximum Gasteiger partial charge on any atom is 0.233 e. The molecule has 0 unspecified atom stereocenters. The SMILES string of the molecule is O=C(CSc1nnc(Cc2ccccc2)n1Cc1ccccc1)N1CCCC1. The highest BCUT2D eigenvalue weighted by Gasteiger charge is 2.20. The Morgan fingerprint density at radius 1 is 0.893 bits per heavy atom. The molecule has 0 atom stereocenters. The first-order valence-corrected chi connectivity index (χ1v) is 10.7. The van der Waals surface area contributed by atoms with Crippen molar-refractivity contribution in [3.05, 3.63) is 77.6 Å². The molecule has 3 aromatic rings. The molecule has 0 spiro atoms. The van der Waals surface area contributed by atoms with Crippen LogP contribution in [0.4, 0.5) is 0 Å². The van der Waals surface area contributed by atoms with Gasteiger partial charge >= 0.3 is 0 Å². The van der Waals surface area contributed by atoms with Crippen molar-refractivity contribution in [3.8, 4) is 0 Å². The first-order chi connectivity index (χ1) is 13.8. The summed E-state index contributed by atoms with van der Waals surface area (Å²) < 4.78 is 2.14. The van der Waals surface area contributed by atoms with Gasteiger partial charge in [-0.2, -0.15) is 0 Å². The Balaban J connectivity index is 1.53. The molecule has 6 heteroatoms. The number of amides is 1. The lowest BCUT2D eigenvalue weighted by Gasteiger charge is -2.15. The molecule has 0 radical (unpaired) electrons. The van der Waals surface area contributed by atoms with E-state index >= 15 is 0 Å². The summed E-state index contributed by atoms with van der Waals surface area (Å²) in [6.45, 7) is 2.47. The second-order valence-electron chi connectivity index (χ2n) is 7.01. The first kappa shape index (κ1) is 18.7. The van der Waals surface area contributed by atoms with Gasteiger partial charge in [0, 0.05) is 19.5 Å². The second-order valence-corrected chi connectivity index (χ2v) is 7.95. The minimum Gasteiger partial charge on any atom is -0.342 e. The number of benzene rings is 2. The molecule has 2 aromatic carbocycles. The summed E-state index contributed by atoms with van der Waals surface area (Å²) >= 11 is 1.49. The molecule has 2 heterocycles. The molecule has 1 fully saturated rings. The molecule has 0 bridgehead atoms. The predicted molar refractivity (Wildman–Crippen MR) is 111 cm³/mol. The monoisotopic (exact) mass is 392 g/mol. The number of likely N-dealkylation sites (tertiary alicyclic amines) is 1. The summed E-state index contributed by atoms with van der Waals surface area (Å²) in [6, 6.07) is 20.6. The van der Waals surface area contributed by atoms with E-state index < -0.39 is 0 Å². The van der Waals surface area contributed by atoms with Crippen LogP contribution in [0.1, 0.15) is 29.8 Å². The summed E-state index contributed by atoms with van der Waals surface area (Å²) in [5, 5.41) is 9.67. The van der Waals surface area contributed by atoms with Gasteiger partial charge in [0.05, 0.1) is 12.3 Å².